The van der Waals surface area contributed by atoms with E-state index in [1.54, 1.807) is 15.5 Å². The van der Waals surface area contributed by atoms with Crippen LogP contribution in [0.3, 0.4) is 0 Å². The summed E-state index contributed by atoms with van der Waals surface area (Å²) >= 11 is 1.39. The van der Waals surface area contributed by atoms with Gasteiger partial charge in [-0.1, -0.05) is 12.1 Å². The molecule has 136 valence electrons. The van der Waals surface area contributed by atoms with Gasteiger partial charge < -0.3 is 4.90 Å². The number of amides is 1. The Balaban J connectivity index is 1.78. The smallest absolute Gasteiger partial charge is 0.337 e. The maximum absolute atomic E-state index is 13.0. The number of fused-ring (bicyclic) bond motifs is 1. The molecule has 4 rings (SSSR count). The van der Waals surface area contributed by atoms with Gasteiger partial charge >= 0.3 is 6.18 Å². The van der Waals surface area contributed by atoms with Crippen molar-refractivity contribution in [1.29, 1.82) is 0 Å². The van der Waals surface area contributed by atoms with E-state index in [9.17, 15) is 18.0 Å². The van der Waals surface area contributed by atoms with E-state index >= 15 is 0 Å². The first kappa shape index (κ1) is 17.1. The second kappa shape index (κ2) is 6.42. The zero-order chi connectivity index (χ0) is 18.3. The molecule has 0 atom stereocenters. The fraction of sp³-hybridized carbons (Fsp3) is 0.333. The summed E-state index contributed by atoms with van der Waals surface area (Å²) in [5.74, 6) is -0.157. The van der Waals surface area contributed by atoms with Gasteiger partial charge in [0.05, 0.1) is 11.3 Å². The maximum atomic E-state index is 13.0. The molecule has 8 heteroatoms. The number of thiazole rings is 1. The molecule has 1 aromatic carbocycles. The Morgan fingerprint density at radius 2 is 1.77 bits per heavy atom. The summed E-state index contributed by atoms with van der Waals surface area (Å²) < 4.78 is 40.3. The van der Waals surface area contributed by atoms with E-state index in [1.165, 1.54) is 23.5 Å². The lowest BCUT2D eigenvalue weighted by atomic mass is 10.1. The lowest BCUT2D eigenvalue weighted by Gasteiger charge is -2.26. The number of nitrogens with zero attached hydrogens (tertiary/aromatic N) is 3. The average Bonchev–Trinajstić information content (AvgIpc) is 3.22. The molecule has 0 N–H and O–H groups in total. The number of hydrogen-bond donors (Lipinski definition) is 0. The second-order valence-electron chi connectivity index (χ2n) is 6.29. The van der Waals surface area contributed by atoms with Crippen molar-refractivity contribution in [3.05, 3.63) is 47.1 Å². The number of halogens is 3. The molecule has 0 spiro atoms. The van der Waals surface area contributed by atoms with Crippen LogP contribution in [0.2, 0.25) is 0 Å². The summed E-state index contributed by atoms with van der Waals surface area (Å²) in [4.78, 5) is 19.9. The molecule has 0 unspecified atom stereocenters. The first-order chi connectivity index (χ1) is 12.4. The van der Waals surface area contributed by atoms with Gasteiger partial charge in [0, 0.05) is 30.2 Å². The predicted octanol–water partition coefficient (Wildman–Crippen LogP) is 4.71. The van der Waals surface area contributed by atoms with Gasteiger partial charge in [0.25, 0.3) is 5.91 Å². The number of piperidine rings is 1. The highest BCUT2D eigenvalue weighted by Crippen LogP contribution is 2.33. The monoisotopic (exact) mass is 379 g/mol. The van der Waals surface area contributed by atoms with Gasteiger partial charge in [-0.2, -0.15) is 13.2 Å². The molecule has 1 aliphatic rings. The van der Waals surface area contributed by atoms with Crippen LogP contribution in [0.5, 0.6) is 0 Å². The standard InChI is InChI=1S/C18H16F3N3OS/c19-18(20,21)13-6-4-12(5-7-13)15-14(22-17-24(15)10-11-26-17)16(25)23-8-2-1-3-9-23/h4-7,10-11H,1-3,8-9H2. The van der Waals surface area contributed by atoms with Crippen LogP contribution in [0, 0.1) is 0 Å². The lowest BCUT2D eigenvalue weighted by Crippen LogP contribution is -2.36. The molecule has 1 aliphatic heterocycles. The molecular weight excluding hydrogens is 363 g/mol. The molecule has 4 nitrogen and oxygen atoms in total. The molecule has 0 aliphatic carbocycles. The van der Waals surface area contributed by atoms with Crippen LogP contribution in [-0.2, 0) is 6.18 Å². The third-order valence-corrected chi connectivity index (χ3v) is 5.35. The van der Waals surface area contributed by atoms with Crippen LogP contribution in [-0.4, -0.2) is 33.3 Å². The van der Waals surface area contributed by atoms with Crippen molar-refractivity contribution >= 4 is 22.2 Å². The molecule has 1 saturated heterocycles. The van der Waals surface area contributed by atoms with E-state index in [1.807, 2.05) is 5.38 Å². The topological polar surface area (TPSA) is 37.6 Å². The fourth-order valence-electron chi connectivity index (χ4n) is 3.27. The molecule has 2 aromatic heterocycles. The molecule has 3 heterocycles. The van der Waals surface area contributed by atoms with Crippen LogP contribution in [0.1, 0.15) is 35.3 Å². The highest BCUT2D eigenvalue weighted by molar-refractivity contribution is 7.15. The first-order valence-corrected chi connectivity index (χ1v) is 9.25. The van der Waals surface area contributed by atoms with E-state index < -0.39 is 11.7 Å². The average molecular weight is 379 g/mol. The normalized spacial score (nSPS) is 15.6. The van der Waals surface area contributed by atoms with Crippen molar-refractivity contribution in [3.8, 4) is 11.3 Å². The molecule has 3 aromatic rings. The third-order valence-electron chi connectivity index (χ3n) is 4.59. The van der Waals surface area contributed by atoms with Gasteiger partial charge in [0.1, 0.15) is 0 Å². The molecular formula is C18H16F3N3OS. The quantitative estimate of drug-likeness (QED) is 0.647. The van der Waals surface area contributed by atoms with Crippen molar-refractivity contribution < 1.29 is 18.0 Å². The Morgan fingerprint density at radius 1 is 1.08 bits per heavy atom. The number of aromatic nitrogens is 2. The summed E-state index contributed by atoms with van der Waals surface area (Å²) in [6.07, 6.45) is 0.425. The Morgan fingerprint density at radius 3 is 2.42 bits per heavy atom. The summed E-state index contributed by atoms with van der Waals surface area (Å²) in [5.41, 5.74) is 0.685. The Hall–Kier alpha value is -2.35. The zero-order valence-electron chi connectivity index (χ0n) is 13.8. The van der Waals surface area contributed by atoms with Gasteiger partial charge in [-0.15, -0.1) is 11.3 Å². The molecule has 0 saturated carbocycles. The number of hydrogen-bond acceptors (Lipinski definition) is 3. The van der Waals surface area contributed by atoms with E-state index in [-0.39, 0.29) is 5.91 Å². The largest absolute Gasteiger partial charge is 0.416 e. The SMILES string of the molecule is O=C(c1nc2sccn2c1-c1ccc(C(F)(F)F)cc1)N1CCCCC1. The minimum Gasteiger partial charge on any atom is -0.337 e. The van der Waals surface area contributed by atoms with Gasteiger partial charge in [-0.25, -0.2) is 4.98 Å². The number of benzene rings is 1. The minimum absolute atomic E-state index is 0.157. The fourth-order valence-corrected chi connectivity index (χ4v) is 3.99. The van der Waals surface area contributed by atoms with Crippen LogP contribution in [0.15, 0.2) is 35.8 Å². The third kappa shape index (κ3) is 2.98. The lowest BCUT2D eigenvalue weighted by molar-refractivity contribution is -0.137. The van der Waals surface area contributed by atoms with Crippen molar-refractivity contribution in [2.24, 2.45) is 0 Å². The summed E-state index contributed by atoms with van der Waals surface area (Å²) in [7, 11) is 0. The van der Waals surface area contributed by atoms with Crippen molar-refractivity contribution in [1.82, 2.24) is 14.3 Å². The number of alkyl halides is 3. The van der Waals surface area contributed by atoms with Gasteiger partial charge in [-0.05, 0) is 31.4 Å². The van der Waals surface area contributed by atoms with Crippen LogP contribution < -0.4 is 0 Å². The van der Waals surface area contributed by atoms with Crippen LogP contribution >= 0.6 is 11.3 Å². The van der Waals surface area contributed by atoms with Crippen molar-refractivity contribution in [3.63, 3.8) is 0 Å². The van der Waals surface area contributed by atoms with Gasteiger partial charge in [0.15, 0.2) is 10.7 Å². The molecule has 26 heavy (non-hydrogen) atoms. The van der Waals surface area contributed by atoms with Crippen molar-refractivity contribution in [2.45, 2.75) is 25.4 Å². The van der Waals surface area contributed by atoms with Gasteiger partial charge in [-0.3, -0.25) is 9.20 Å². The summed E-state index contributed by atoms with van der Waals surface area (Å²) in [5, 5.41) is 1.84. The van der Waals surface area contributed by atoms with Gasteiger partial charge in [0.2, 0.25) is 0 Å². The zero-order valence-corrected chi connectivity index (χ0v) is 14.6. The summed E-state index contributed by atoms with van der Waals surface area (Å²) in [6.45, 7) is 1.38. The minimum atomic E-state index is -4.39. The molecule has 1 amide bonds. The second-order valence-corrected chi connectivity index (χ2v) is 7.17. The predicted molar refractivity (Wildman–Crippen MR) is 93.3 cm³/mol. The number of rotatable bonds is 2. The number of likely N-dealkylation sites (tertiary alicyclic amines) is 1. The number of imidazole rings is 1. The van der Waals surface area contributed by atoms with E-state index in [2.05, 4.69) is 4.98 Å². The Bertz CT molecular complexity index is 937. The van der Waals surface area contributed by atoms with Crippen molar-refractivity contribution in [2.75, 3.05) is 13.1 Å². The molecule has 0 bridgehead atoms. The van der Waals surface area contributed by atoms with Crippen LogP contribution in [0.4, 0.5) is 13.2 Å². The Kier molecular flexibility index (Phi) is 4.22. The van der Waals surface area contributed by atoms with E-state index in [0.29, 0.717) is 35.0 Å². The summed E-state index contributed by atoms with van der Waals surface area (Å²) in [6, 6.07) is 4.88. The highest BCUT2D eigenvalue weighted by Gasteiger charge is 2.31. The molecule has 1 fully saturated rings. The Labute approximate surface area is 151 Å². The van der Waals surface area contributed by atoms with E-state index in [4.69, 9.17) is 0 Å². The first-order valence-electron chi connectivity index (χ1n) is 8.37. The molecule has 0 radical (unpaired) electrons. The highest BCUT2D eigenvalue weighted by atomic mass is 32.1. The maximum Gasteiger partial charge on any atom is 0.416 e. The van der Waals surface area contributed by atoms with E-state index in [0.717, 1.165) is 31.4 Å². The number of carbonyl (C=O) groups is 1. The number of carbonyl (C=O) groups excluding carboxylic acids is 1. The van der Waals surface area contributed by atoms with Crippen LogP contribution in [0.25, 0.3) is 16.2 Å².